The van der Waals surface area contributed by atoms with Gasteiger partial charge in [-0.15, -0.1) is 12.4 Å². The lowest BCUT2D eigenvalue weighted by Crippen LogP contribution is -2.37. The van der Waals surface area contributed by atoms with Gasteiger partial charge < -0.3 is 15.4 Å². The van der Waals surface area contributed by atoms with Gasteiger partial charge in [-0.1, -0.05) is 30.3 Å². The molecule has 1 aromatic rings. The van der Waals surface area contributed by atoms with Gasteiger partial charge in [-0.3, -0.25) is 4.79 Å². The highest BCUT2D eigenvalue weighted by molar-refractivity contribution is 5.85. The van der Waals surface area contributed by atoms with E-state index in [4.69, 9.17) is 10.5 Å². The predicted octanol–water partition coefficient (Wildman–Crippen LogP) is 1.43. The molecule has 0 fully saturated rings. The molecule has 18 heavy (non-hydrogen) atoms. The summed E-state index contributed by atoms with van der Waals surface area (Å²) in [6.07, 6.45) is 1.01. The van der Waals surface area contributed by atoms with Crippen molar-refractivity contribution in [1.82, 2.24) is 4.90 Å². The highest BCUT2D eigenvalue weighted by Crippen LogP contribution is 2.08. The second-order valence-electron chi connectivity index (χ2n) is 4.08. The molecule has 0 unspecified atom stereocenters. The SMILES string of the molecule is CN(C)C(=O)[C@@H](CCc1ccccc1)OCN.Cl. The summed E-state index contributed by atoms with van der Waals surface area (Å²) in [5.74, 6) is -0.0358. The van der Waals surface area contributed by atoms with Gasteiger partial charge in [0.2, 0.25) is 0 Å². The van der Waals surface area contributed by atoms with E-state index in [1.54, 1.807) is 14.1 Å². The Morgan fingerprint density at radius 2 is 1.94 bits per heavy atom. The molecule has 0 spiro atoms. The normalized spacial score (nSPS) is 11.5. The Morgan fingerprint density at radius 3 is 2.44 bits per heavy atom. The molecule has 0 aliphatic carbocycles. The van der Waals surface area contributed by atoms with Gasteiger partial charge in [0.1, 0.15) is 6.10 Å². The smallest absolute Gasteiger partial charge is 0.251 e. The minimum absolute atomic E-state index is 0. The highest BCUT2D eigenvalue weighted by atomic mass is 35.5. The molecule has 0 saturated carbocycles. The van der Waals surface area contributed by atoms with Crippen LogP contribution in [0, 0.1) is 0 Å². The van der Waals surface area contributed by atoms with Gasteiger partial charge in [-0.05, 0) is 18.4 Å². The second-order valence-corrected chi connectivity index (χ2v) is 4.08. The third-order valence-electron chi connectivity index (χ3n) is 2.55. The number of aryl methyl sites for hydroxylation is 1. The average molecular weight is 273 g/mol. The Morgan fingerprint density at radius 1 is 1.33 bits per heavy atom. The molecule has 0 saturated heterocycles. The van der Waals surface area contributed by atoms with E-state index in [-0.39, 0.29) is 25.0 Å². The number of likely N-dealkylation sites (N-methyl/N-ethyl adjacent to an activating group) is 1. The fourth-order valence-electron chi connectivity index (χ4n) is 1.62. The molecule has 1 aromatic carbocycles. The van der Waals surface area contributed by atoms with Crippen LogP contribution in [0.4, 0.5) is 0 Å². The van der Waals surface area contributed by atoms with Crippen molar-refractivity contribution in [2.45, 2.75) is 18.9 Å². The first kappa shape index (κ1) is 16.9. The van der Waals surface area contributed by atoms with E-state index in [2.05, 4.69) is 0 Å². The van der Waals surface area contributed by atoms with Crippen LogP contribution in [0.15, 0.2) is 30.3 Å². The van der Waals surface area contributed by atoms with Crippen molar-refractivity contribution >= 4 is 18.3 Å². The molecule has 1 rings (SSSR count). The molecule has 4 nitrogen and oxygen atoms in total. The van der Waals surface area contributed by atoms with Crippen LogP contribution in [0.1, 0.15) is 12.0 Å². The molecule has 1 amide bonds. The highest BCUT2D eigenvalue weighted by Gasteiger charge is 2.20. The van der Waals surface area contributed by atoms with E-state index < -0.39 is 6.10 Å². The summed E-state index contributed by atoms with van der Waals surface area (Å²) in [6.45, 7) is 0.0685. The van der Waals surface area contributed by atoms with Crippen molar-refractivity contribution in [2.24, 2.45) is 5.73 Å². The minimum atomic E-state index is -0.449. The second kappa shape index (κ2) is 8.91. The van der Waals surface area contributed by atoms with Gasteiger partial charge in [-0.2, -0.15) is 0 Å². The molecule has 5 heteroatoms. The number of carbonyl (C=O) groups is 1. The molecule has 102 valence electrons. The van der Waals surface area contributed by atoms with Crippen molar-refractivity contribution in [3.8, 4) is 0 Å². The van der Waals surface area contributed by atoms with Crippen molar-refractivity contribution in [1.29, 1.82) is 0 Å². The lowest BCUT2D eigenvalue weighted by Gasteiger charge is -2.20. The third-order valence-corrected chi connectivity index (χ3v) is 2.55. The maximum absolute atomic E-state index is 11.8. The molecule has 0 heterocycles. The molecule has 0 radical (unpaired) electrons. The van der Waals surface area contributed by atoms with Crippen molar-refractivity contribution in [2.75, 3.05) is 20.8 Å². The van der Waals surface area contributed by atoms with E-state index in [0.29, 0.717) is 6.42 Å². The Kier molecular flexibility index (Phi) is 8.37. The number of hydrogen-bond donors (Lipinski definition) is 1. The first-order chi connectivity index (χ1) is 8.15. The van der Waals surface area contributed by atoms with Crippen LogP contribution in [-0.4, -0.2) is 37.7 Å². The van der Waals surface area contributed by atoms with Crippen LogP contribution in [0.2, 0.25) is 0 Å². The first-order valence-electron chi connectivity index (χ1n) is 5.72. The number of nitrogens with zero attached hydrogens (tertiary/aromatic N) is 1. The molecule has 0 bridgehead atoms. The van der Waals surface area contributed by atoms with Crippen LogP contribution < -0.4 is 5.73 Å². The van der Waals surface area contributed by atoms with Crippen molar-refractivity contribution in [3.63, 3.8) is 0 Å². The topological polar surface area (TPSA) is 55.6 Å². The first-order valence-corrected chi connectivity index (χ1v) is 5.72. The van der Waals surface area contributed by atoms with Crippen molar-refractivity contribution in [3.05, 3.63) is 35.9 Å². The monoisotopic (exact) mass is 272 g/mol. The van der Waals surface area contributed by atoms with Crippen LogP contribution in [0.5, 0.6) is 0 Å². The standard InChI is InChI=1S/C13H20N2O2.ClH/c1-15(2)13(16)12(17-10-14)9-8-11-6-4-3-5-7-11;/h3-7,12H,8-10,14H2,1-2H3;1H/t12-;/m1./s1. The van der Waals surface area contributed by atoms with Crippen LogP contribution >= 0.6 is 12.4 Å². The maximum Gasteiger partial charge on any atom is 0.251 e. The fraction of sp³-hybridized carbons (Fsp3) is 0.462. The summed E-state index contributed by atoms with van der Waals surface area (Å²) in [5, 5.41) is 0. The molecule has 0 aliphatic rings. The molecule has 0 aliphatic heterocycles. The van der Waals surface area contributed by atoms with Gasteiger partial charge >= 0.3 is 0 Å². The lowest BCUT2D eigenvalue weighted by atomic mass is 10.1. The van der Waals surface area contributed by atoms with Crippen LogP contribution in [-0.2, 0) is 16.0 Å². The number of carbonyl (C=O) groups excluding carboxylic acids is 1. The fourth-order valence-corrected chi connectivity index (χ4v) is 1.62. The quantitative estimate of drug-likeness (QED) is 0.797. The Bertz CT molecular complexity index is 344. The van der Waals surface area contributed by atoms with Gasteiger partial charge in [0, 0.05) is 14.1 Å². The van der Waals surface area contributed by atoms with E-state index in [0.717, 1.165) is 6.42 Å². The average Bonchev–Trinajstić information content (AvgIpc) is 2.34. The zero-order chi connectivity index (χ0) is 12.7. The van der Waals surface area contributed by atoms with Crippen molar-refractivity contribution < 1.29 is 9.53 Å². The Hall–Kier alpha value is -1.10. The number of rotatable bonds is 6. The summed E-state index contributed by atoms with van der Waals surface area (Å²) in [5.41, 5.74) is 6.54. The molecular formula is C13H21ClN2O2. The summed E-state index contributed by atoms with van der Waals surface area (Å²) >= 11 is 0. The van der Waals surface area contributed by atoms with Gasteiger partial charge in [0.25, 0.3) is 5.91 Å². The molecule has 1 atom stereocenters. The zero-order valence-electron chi connectivity index (χ0n) is 10.8. The van der Waals surface area contributed by atoms with Crippen LogP contribution in [0.3, 0.4) is 0 Å². The van der Waals surface area contributed by atoms with Gasteiger partial charge in [0.05, 0.1) is 6.73 Å². The number of nitrogens with two attached hydrogens (primary N) is 1. The zero-order valence-corrected chi connectivity index (χ0v) is 11.7. The molecular weight excluding hydrogens is 252 g/mol. The summed E-state index contributed by atoms with van der Waals surface area (Å²) in [7, 11) is 3.44. The van der Waals surface area contributed by atoms with E-state index in [1.807, 2.05) is 30.3 Å². The number of benzene rings is 1. The van der Waals surface area contributed by atoms with E-state index in [9.17, 15) is 4.79 Å². The summed E-state index contributed by atoms with van der Waals surface area (Å²) < 4.78 is 5.27. The third kappa shape index (κ3) is 5.49. The van der Waals surface area contributed by atoms with Gasteiger partial charge in [-0.25, -0.2) is 0 Å². The predicted molar refractivity (Wildman–Crippen MR) is 74.6 cm³/mol. The number of amides is 1. The molecule has 2 N–H and O–H groups in total. The minimum Gasteiger partial charge on any atom is -0.353 e. The molecule has 0 aromatic heterocycles. The largest absolute Gasteiger partial charge is 0.353 e. The summed E-state index contributed by atoms with van der Waals surface area (Å²) in [6, 6.07) is 10.0. The number of halogens is 1. The van der Waals surface area contributed by atoms with E-state index in [1.165, 1.54) is 10.5 Å². The number of ether oxygens (including phenoxy) is 1. The van der Waals surface area contributed by atoms with Crippen LogP contribution in [0.25, 0.3) is 0 Å². The maximum atomic E-state index is 11.8. The number of hydrogen-bond acceptors (Lipinski definition) is 3. The summed E-state index contributed by atoms with van der Waals surface area (Å²) in [4.78, 5) is 13.3. The lowest BCUT2D eigenvalue weighted by molar-refractivity contribution is -0.141. The van der Waals surface area contributed by atoms with Gasteiger partial charge in [0.15, 0.2) is 0 Å². The van der Waals surface area contributed by atoms with E-state index >= 15 is 0 Å². The Balaban J connectivity index is 0.00000289. The Labute approximate surface area is 115 Å².